The summed E-state index contributed by atoms with van der Waals surface area (Å²) in [6, 6.07) is 17.4. The summed E-state index contributed by atoms with van der Waals surface area (Å²) in [6.45, 7) is 2.07. The largest absolute Gasteiger partial charge is 0.493 e. The molecule has 0 saturated carbocycles. The van der Waals surface area contributed by atoms with E-state index < -0.39 is 6.04 Å². The summed E-state index contributed by atoms with van der Waals surface area (Å²) in [6.07, 6.45) is 0.871. The van der Waals surface area contributed by atoms with E-state index in [2.05, 4.69) is 6.92 Å². The van der Waals surface area contributed by atoms with Crippen molar-refractivity contribution in [3.63, 3.8) is 0 Å². The van der Waals surface area contributed by atoms with Crippen LogP contribution in [0.1, 0.15) is 40.2 Å². The van der Waals surface area contributed by atoms with Gasteiger partial charge in [0.25, 0.3) is 5.91 Å². The molecule has 5 rings (SSSR count). The minimum absolute atomic E-state index is 0.0343. The molecular formula is C28H25NO6. The molecule has 0 aliphatic carbocycles. The first-order valence-electron chi connectivity index (χ1n) is 11.3. The van der Waals surface area contributed by atoms with Gasteiger partial charge in [-0.1, -0.05) is 31.2 Å². The number of fused-ring (bicyclic) bond motifs is 2. The number of aryl methyl sites for hydroxylation is 1. The van der Waals surface area contributed by atoms with Gasteiger partial charge in [-0.3, -0.25) is 14.5 Å². The molecule has 1 amide bonds. The predicted octanol–water partition coefficient (Wildman–Crippen LogP) is 5.13. The van der Waals surface area contributed by atoms with Crippen molar-refractivity contribution in [1.82, 2.24) is 0 Å². The van der Waals surface area contributed by atoms with Gasteiger partial charge in [0.2, 0.25) is 11.5 Å². The first kappa shape index (κ1) is 22.5. The highest BCUT2D eigenvalue weighted by atomic mass is 16.5. The van der Waals surface area contributed by atoms with E-state index in [4.69, 9.17) is 18.6 Å². The molecule has 0 saturated heterocycles. The second-order valence-electron chi connectivity index (χ2n) is 8.23. The maximum atomic E-state index is 13.8. The van der Waals surface area contributed by atoms with Crippen molar-refractivity contribution in [3.8, 4) is 17.2 Å². The molecule has 2 heterocycles. The van der Waals surface area contributed by atoms with Crippen LogP contribution in [0.2, 0.25) is 0 Å². The summed E-state index contributed by atoms with van der Waals surface area (Å²) in [4.78, 5) is 29.1. The quantitative estimate of drug-likeness (QED) is 0.388. The second-order valence-corrected chi connectivity index (χ2v) is 8.23. The SMILES string of the molecule is CCc1ccc(N2C(=O)c3oc4ccccc4c(=O)c3C2c2cc(OC)c(OC)c(OC)c2)cc1. The van der Waals surface area contributed by atoms with E-state index in [1.165, 1.54) is 21.3 Å². The molecule has 0 N–H and O–H groups in total. The van der Waals surface area contributed by atoms with E-state index in [-0.39, 0.29) is 22.7 Å². The molecular weight excluding hydrogens is 446 g/mol. The standard InChI is InChI=1S/C28H25NO6/c1-5-16-10-12-18(13-11-16)29-24(17-14-21(32-2)26(34-4)22(15-17)33-3)23-25(30)19-8-6-7-9-20(19)35-27(23)28(29)31/h6-15,24H,5H2,1-4H3. The van der Waals surface area contributed by atoms with Gasteiger partial charge in [0, 0.05) is 5.69 Å². The van der Waals surface area contributed by atoms with Crippen molar-refractivity contribution in [3.05, 3.63) is 93.3 Å². The van der Waals surface area contributed by atoms with Crippen molar-refractivity contribution < 1.29 is 23.4 Å². The number of amides is 1. The van der Waals surface area contributed by atoms with Crippen molar-refractivity contribution in [2.45, 2.75) is 19.4 Å². The molecule has 178 valence electrons. The Hall–Kier alpha value is -4.26. The molecule has 0 spiro atoms. The number of ether oxygens (including phenoxy) is 3. The molecule has 0 radical (unpaired) electrons. The molecule has 1 aromatic heterocycles. The Labute approximate surface area is 202 Å². The van der Waals surface area contributed by atoms with E-state index in [1.807, 2.05) is 24.3 Å². The van der Waals surface area contributed by atoms with E-state index in [0.29, 0.717) is 39.5 Å². The number of hydrogen-bond acceptors (Lipinski definition) is 6. The Bertz CT molecular complexity index is 1460. The Morgan fingerprint density at radius 1 is 0.886 bits per heavy atom. The second kappa shape index (κ2) is 8.83. The average Bonchev–Trinajstić information content (AvgIpc) is 3.20. The van der Waals surface area contributed by atoms with Gasteiger partial charge in [-0.25, -0.2) is 0 Å². The highest BCUT2D eigenvalue weighted by Crippen LogP contribution is 2.46. The molecule has 4 aromatic rings. The molecule has 0 bridgehead atoms. The Balaban J connectivity index is 1.81. The lowest BCUT2D eigenvalue weighted by Gasteiger charge is -2.26. The normalized spacial score (nSPS) is 14.8. The molecule has 35 heavy (non-hydrogen) atoms. The number of methoxy groups -OCH3 is 3. The molecule has 3 aromatic carbocycles. The van der Waals surface area contributed by atoms with Crippen LogP contribution in [0.5, 0.6) is 17.2 Å². The molecule has 1 aliphatic heterocycles. The zero-order valence-electron chi connectivity index (χ0n) is 20.0. The number of hydrogen-bond donors (Lipinski definition) is 0. The monoisotopic (exact) mass is 471 g/mol. The highest BCUT2D eigenvalue weighted by molar-refractivity contribution is 6.10. The minimum Gasteiger partial charge on any atom is -0.493 e. The molecule has 7 nitrogen and oxygen atoms in total. The molecule has 7 heteroatoms. The highest BCUT2D eigenvalue weighted by Gasteiger charge is 2.44. The number of benzene rings is 3. The maximum absolute atomic E-state index is 13.8. The van der Waals surface area contributed by atoms with Crippen LogP contribution in [0.25, 0.3) is 11.0 Å². The van der Waals surface area contributed by atoms with E-state index in [0.717, 1.165) is 12.0 Å². The third-order valence-corrected chi connectivity index (χ3v) is 6.40. The van der Waals surface area contributed by atoms with Gasteiger partial charge in [-0.05, 0) is 53.9 Å². The van der Waals surface area contributed by atoms with Crippen molar-refractivity contribution in [1.29, 1.82) is 0 Å². The molecule has 0 fully saturated rings. The first-order valence-corrected chi connectivity index (χ1v) is 11.3. The number of nitrogens with zero attached hydrogens (tertiary/aromatic N) is 1. The van der Waals surface area contributed by atoms with Gasteiger partial charge in [0.05, 0.1) is 38.3 Å². The summed E-state index contributed by atoms with van der Waals surface area (Å²) in [5.74, 6) is 0.925. The van der Waals surface area contributed by atoms with Crippen molar-refractivity contribution in [2.24, 2.45) is 0 Å². The lowest BCUT2D eigenvalue weighted by atomic mass is 9.97. The Morgan fingerprint density at radius 3 is 2.14 bits per heavy atom. The van der Waals surface area contributed by atoms with Crippen molar-refractivity contribution >= 4 is 22.6 Å². The van der Waals surface area contributed by atoms with Crippen LogP contribution in [0, 0.1) is 0 Å². The molecule has 1 unspecified atom stereocenters. The lowest BCUT2D eigenvalue weighted by molar-refractivity contribution is 0.0971. The van der Waals surface area contributed by atoms with Gasteiger partial charge in [0.1, 0.15) is 5.58 Å². The fourth-order valence-corrected chi connectivity index (χ4v) is 4.65. The van der Waals surface area contributed by atoms with Gasteiger partial charge < -0.3 is 18.6 Å². The van der Waals surface area contributed by atoms with Crippen LogP contribution in [-0.4, -0.2) is 27.2 Å². The third kappa shape index (κ3) is 3.51. The average molecular weight is 472 g/mol. The number of para-hydroxylation sites is 1. The predicted molar refractivity (Wildman–Crippen MR) is 133 cm³/mol. The summed E-state index contributed by atoms with van der Waals surface area (Å²) in [5.41, 5.74) is 2.83. The van der Waals surface area contributed by atoms with E-state index in [1.54, 1.807) is 41.3 Å². The smallest absolute Gasteiger partial charge is 0.295 e. The first-order chi connectivity index (χ1) is 17.0. The van der Waals surface area contributed by atoms with Crippen LogP contribution < -0.4 is 24.5 Å². The van der Waals surface area contributed by atoms with E-state index >= 15 is 0 Å². The molecule has 1 aliphatic rings. The van der Waals surface area contributed by atoms with Gasteiger partial charge in [-0.15, -0.1) is 0 Å². The number of carbonyl (C=O) groups is 1. The summed E-state index contributed by atoms with van der Waals surface area (Å²) in [7, 11) is 4.58. The van der Waals surface area contributed by atoms with Crippen LogP contribution in [0.15, 0.2) is 69.9 Å². The summed E-state index contributed by atoms with van der Waals surface area (Å²) in [5, 5.41) is 0.416. The van der Waals surface area contributed by atoms with Crippen molar-refractivity contribution in [2.75, 3.05) is 26.2 Å². The Kier molecular flexibility index (Phi) is 5.68. The van der Waals surface area contributed by atoms with Crippen LogP contribution >= 0.6 is 0 Å². The van der Waals surface area contributed by atoms with Gasteiger partial charge in [0.15, 0.2) is 16.9 Å². The van der Waals surface area contributed by atoms with Crippen LogP contribution in [0.4, 0.5) is 5.69 Å². The third-order valence-electron chi connectivity index (χ3n) is 6.40. The fraction of sp³-hybridized carbons (Fsp3) is 0.214. The minimum atomic E-state index is -0.750. The zero-order valence-corrected chi connectivity index (χ0v) is 20.0. The summed E-state index contributed by atoms with van der Waals surface area (Å²) < 4.78 is 22.6. The van der Waals surface area contributed by atoms with Gasteiger partial charge in [-0.2, -0.15) is 0 Å². The topological polar surface area (TPSA) is 78.2 Å². The van der Waals surface area contributed by atoms with Crippen LogP contribution in [0.3, 0.4) is 0 Å². The number of anilines is 1. The maximum Gasteiger partial charge on any atom is 0.295 e. The Morgan fingerprint density at radius 2 is 1.54 bits per heavy atom. The van der Waals surface area contributed by atoms with E-state index in [9.17, 15) is 9.59 Å². The summed E-state index contributed by atoms with van der Waals surface area (Å²) >= 11 is 0. The lowest BCUT2D eigenvalue weighted by Crippen LogP contribution is -2.29. The number of carbonyl (C=O) groups excluding carboxylic acids is 1. The van der Waals surface area contributed by atoms with Crippen LogP contribution in [-0.2, 0) is 6.42 Å². The van der Waals surface area contributed by atoms with Gasteiger partial charge >= 0.3 is 0 Å². The zero-order chi connectivity index (χ0) is 24.7. The number of rotatable bonds is 6. The molecule has 1 atom stereocenters. The fourth-order valence-electron chi connectivity index (χ4n) is 4.65.